The van der Waals surface area contributed by atoms with Gasteiger partial charge in [-0.3, -0.25) is 4.79 Å². The van der Waals surface area contributed by atoms with Crippen LogP contribution in [0.4, 0.5) is 5.69 Å². The highest BCUT2D eigenvalue weighted by Gasteiger charge is 2.08. The maximum absolute atomic E-state index is 12.1. The number of phenolic OH excluding ortho intramolecular Hbond substituents is 1. The van der Waals surface area contributed by atoms with Crippen LogP contribution in [0.5, 0.6) is 5.75 Å². The minimum Gasteiger partial charge on any atom is -0.508 e. The van der Waals surface area contributed by atoms with E-state index in [0.717, 1.165) is 11.3 Å². The summed E-state index contributed by atoms with van der Waals surface area (Å²) >= 11 is 0. The highest BCUT2D eigenvalue weighted by atomic mass is 16.3. The molecule has 0 spiro atoms. The van der Waals surface area contributed by atoms with Crippen molar-refractivity contribution < 1.29 is 9.52 Å². The van der Waals surface area contributed by atoms with Gasteiger partial charge in [-0.25, -0.2) is 0 Å². The second-order valence-corrected chi connectivity index (χ2v) is 5.10. The fraction of sp³-hybridized carbons (Fsp3) is 0.118. The van der Waals surface area contributed by atoms with E-state index in [2.05, 4.69) is 0 Å². The van der Waals surface area contributed by atoms with Crippen LogP contribution >= 0.6 is 0 Å². The molecule has 4 heteroatoms. The third-order valence-electron chi connectivity index (χ3n) is 3.38. The Bertz CT molecular complexity index is 848. The largest absolute Gasteiger partial charge is 0.508 e. The van der Waals surface area contributed by atoms with E-state index in [1.165, 1.54) is 18.2 Å². The first kappa shape index (κ1) is 13.2. The summed E-state index contributed by atoms with van der Waals surface area (Å²) in [7, 11) is 3.93. The van der Waals surface area contributed by atoms with Gasteiger partial charge in [0.15, 0.2) is 5.43 Å². The zero-order valence-corrected chi connectivity index (χ0v) is 11.8. The number of fused-ring (bicyclic) bond motifs is 1. The summed E-state index contributed by atoms with van der Waals surface area (Å²) in [5.74, 6) is 0.564. The van der Waals surface area contributed by atoms with E-state index in [4.69, 9.17) is 4.42 Å². The van der Waals surface area contributed by atoms with Gasteiger partial charge >= 0.3 is 0 Å². The Balaban J connectivity index is 2.14. The van der Waals surface area contributed by atoms with E-state index in [1.54, 1.807) is 6.07 Å². The normalized spacial score (nSPS) is 10.8. The first-order chi connectivity index (χ1) is 10.0. The molecule has 0 radical (unpaired) electrons. The topological polar surface area (TPSA) is 53.7 Å². The molecule has 21 heavy (non-hydrogen) atoms. The van der Waals surface area contributed by atoms with Crippen LogP contribution in [0, 0.1) is 0 Å². The van der Waals surface area contributed by atoms with Gasteiger partial charge in [0, 0.05) is 37.5 Å². The maximum atomic E-state index is 12.1. The molecule has 0 aliphatic carbocycles. The molecule has 0 saturated heterocycles. The zero-order chi connectivity index (χ0) is 15.0. The molecular formula is C17H15NO3. The molecule has 0 atom stereocenters. The van der Waals surface area contributed by atoms with E-state index in [0.29, 0.717) is 16.7 Å². The Labute approximate surface area is 121 Å². The Morgan fingerprint density at radius 2 is 1.71 bits per heavy atom. The van der Waals surface area contributed by atoms with Gasteiger partial charge in [0.05, 0.1) is 5.39 Å². The van der Waals surface area contributed by atoms with Crippen molar-refractivity contribution in [3.05, 3.63) is 58.8 Å². The lowest BCUT2D eigenvalue weighted by molar-refractivity contribution is 0.474. The summed E-state index contributed by atoms with van der Waals surface area (Å²) in [6.45, 7) is 0. The number of nitrogens with zero attached hydrogens (tertiary/aromatic N) is 1. The first-order valence-corrected chi connectivity index (χ1v) is 6.59. The third kappa shape index (κ3) is 2.48. The lowest BCUT2D eigenvalue weighted by Gasteiger charge is -2.12. The molecule has 1 N–H and O–H groups in total. The summed E-state index contributed by atoms with van der Waals surface area (Å²) in [5, 5.41) is 9.97. The second kappa shape index (κ2) is 4.98. The van der Waals surface area contributed by atoms with Gasteiger partial charge in [0.25, 0.3) is 0 Å². The number of phenols is 1. The van der Waals surface area contributed by atoms with Crippen molar-refractivity contribution in [2.75, 3.05) is 19.0 Å². The van der Waals surface area contributed by atoms with E-state index in [1.807, 2.05) is 43.3 Å². The third-order valence-corrected chi connectivity index (χ3v) is 3.38. The average Bonchev–Trinajstić information content (AvgIpc) is 2.46. The summed E-state index contributed by atoms with van der Waals surface area (Å²) in [4.78, 5) is 14.1. The van der Waals surface area contributed by atoms with Crippen LogP contribution in [-0.4, -0.2) is 19.2 Å². The molecule has 106 valence electrons. The van der Waals surface area contributed by atoms with Gasteiger partial charge in [-0.05, 0) is 36.4 Å². The highest BCUT2D eigenvalue weighted by Crippen LogP contribution is 2.25. The lowest BCUT2D eigenvalue weighted by Crippen LogP contribution is -2.08. The number of rotatable bonds is 2. The molecule has 0 saturated carbocycles. The summed E-state index contributed by atoms with van der Waals surface area (Å²) in [6.07, 6.45) is 0. The molecule has 1 aromatic heterocycles. The minimum atomic E-state index is -0.122. The van der Waals surface area contributed by atoms with Crippen LogP contribution in [0.2, 0.25) is 0 Å². The quantitative estimate of drug-likeness (QED) is 0.783. The van der Waals surface area contributed by atoms with Gasteiger partial charge in [-0.2, -0.15) is 0 Å². The van der Waals surface area contributed by atoms with Crippen LogP contribution < -0.4 is 10.3 Å². The molecule has 0 aliphatic rings. The van der Waals surface area contributed by atoms with Crippen LogP contribution in [0.3, 0.4) is 0 Å². The Hall–Kier alpha value is -2.75. The maximum Gasteiger partial charge on any atom is 0.193 e. The van der Waals surface area contributed by atoms with E-state index >= 15 is 0 Å². The van der Waals surface area contributed by atoms with Gasteiger partial charge in [-0.15, -0.1) is 0 Å². The number of anilines is 1. The number of hydrogen-bond donors (Lipinski definition) is 1. The molecule has 0 amide bonds. The molecule has 4 nitrogen and oxygen atoms in total. The molecule has 2 aromatic carbocycles. The average molecular weight is 281 g/mol. The summed E-state index contributed by atoms with van der Waals surface area (Å²) in [6, 6.07) is 13.7. The van der Waals surface area contributed by atoms with E-state index < -0.39 is 0 Å². The molecule has 3 rings (SSSR count). The fourth-order valence-electron chi connectivity index (χ4n) is 2.21. The van der Waals surface area contributed by atoms with Crippen LogP contribution in [-0.2, 0) is 0 Å². The summed E-state index contributed by atoms with van der Waals surface area (Å²) in [5.41, 5.74) is 2.15. The molecular weight excluding hydrogens is 266 g/mol. The van der Waals surface area contributed by atoms with E-state index in [9.17, 15) is 9.90 Å². The Kier molecular flexibility index (Phi) is 3.14. The van der Waals surface area contributed by atoms with Crippen molar-refractivity contribution in [1.82, 2.24) is 0 Å². The SMILES string of the molecule is CN(C)c1ccc(-c2cc(=O)c3ccc(O)cc3o2)cc1. The van der Waals surface area contributed by atoms with Crippen molar-refractivity contribution in [1.29, 1.82) is 0 Å². The monoisotopic (exact) mass is 281 g/mol. The van der Waals surface area contributed by atoms with Crippen molar-refractivity contribution in [2.24, 2.45) is 0 Å². The summed E-state index contributed by atoms with van der Waals surface area (Å²) < 4.78 is 5.74. The number of hydrogen-bond acceptors (Lipinski definition) is 4. The van der Waals surface area contributed by atoms with Gasteiger partial charge in [0.1, 0.15) is 17.1 Å². The molecule has 0 bridgehead atoms. The number of aromatic hydroxyl groups is 1. The highest BCUT2D eigenvalue weighted by molar-refractivity contribution is 5.80. The first-order valence-electron chi connectivity index (χ1n) is 6.59. The van der Waals surface area contributed by atoms with Crippen LogP contribution in [0.25, 0.3) is 22.3 Å². The molecule has 0 aliphatic heterocycles. The van der Waals surface area contributed by atoms with Gasteiger partial charge in [-0.1, -0.05) is 0 Å². The Morgan fingerprint density at radius 1 is 1.00 bits per heavy atom. The second-order valence-electron chi connectivity index (χ2n) is 5.10. The Morgan fingerprint density at radius 3 is 2.38 bits per heavy atom. The minimum absolute atomic E-state index is 0.0748. The van der Waals surface area contributed by atoms with Crippen molar-refractivity contribution in [3.63, 3.8) is 0 Å². The smallest absolute Gasteiger partial charge is 0.193 e. The van der Waals surface area contributed by atoms with Crippen molar-refractivity contribution in [3.8, 4) is 17.1 Å². The van der Waals surface area contributed by atoms with E-state index in [-0.39, 0.29) is 11.2 Å². The molecule has 0 unspecified atom stereocenters. The van der Waals surface area contributed by atoms with Gasteiger partial charge < -0.3 is 14.4 Å². The fourth-order valence-corrected chi connectivity index (χ4v) is 2.21. The molecule has 1 heterocycles. The lowest BCUT2D eigenvalue weighted by atomic mass is 10.1. The molecule has 0 fully saturated rings. The molecule has 3 aromatic rings. The van der Waals surface area contributed by atoms with Crippen LogP contribution in [0.15, 0.2) is 57.7 Å². The standard InChI is InChI=1S/C17H15NO3/c1-18(2)12-5-3-11(4-6-12)16-10-15(20)14-8-7-13(19)9-17(14)21-16/h3-10,19H,1-2H3. The van der Waals surface area contributed by atoms with Crippen molar-refractivity contribution >= 4 is 16.7 Å². The predicted molar refractivity (Wildman–Crippen MR) is 83.9 cm³/mol. The van der Waals surface area contributed by atoms with Crippen LogP contribution in [0.1, 0.15) is 0 Å². The van der Waals surface area contributed by atoms with Gasteiger partial charge in [0.2, 0.25) is 0 Å². The van der Waals surface area contributed by atoms with Crippen molar-refractivity contribution in [2.45, 2.75) is 0 Å². The predicted octanol–water partition coefficient (Wildman–Crippen LogP) is 3.23. The number of benzene rings is 2. The zero-order valence-electron chi connectivity index (χ0n) is 11.8.